The first-order chi connectivity index (χ1) is 11.4. The molecule has 23 heavy (non-hydrogen) atoms. The minimum atomic E-state index is 0.293. The Hall–Kier alpha value is -2.17. The summed E-state index contributed by atoms with van der Waals surface area (Å²) in [4.78, 5) is 9.23. The van der Waals surface area contributed by atoms with E-state index >= 15 is 0 Å². The van der Waals surface area contributed by atoms with Crippen molar-refractivity contribution in [3.63, 3.8) is 0 Å². The summed E-state index contributed by atoms with van der Waals surface area (Å²) in [6.07, 6.45) is 6.25. The first kappa shape index (κ1) is 15.7. The maximum atomic E-state index is 5.99. The Morgan fingerprint density at radius 3 is 2.39 bits per heavy atom. The molecule has 1 fully saturated rings. The lowest BCUT2D eigenvalue weighted by molar-refractivity contribution is 0.220. The summed E-state index contributed by atoms with van der Waals surface area (Å²) < 4.78 is 0. The topological polar surface area (TPSA) is 45.4 Å². The van der Waals surface area contributed by atoms with Crippen molar-refractivity contribution in [2.45, 2.75) is 6.04 Å². The second-order valence-corrected chi connectivity index (χ2v) is 5.78. The summed E-state index contributed by atoms with van der Waals surface area (Å²) in [5.41, 5.74) is 7.22. The maximum Gasteiger partial charge on any atom is 0.128 e. The minimum absolute atomic E-state index is 0.293. The van der Waals surface area contributed by atoms with Gasteiger partial charge in [0.25, 0.3) is 0 Å². The molecule has 1 saturated heterocycles. The molecule has 1 unspecified atom stereocenters. The van der Waals surface area contributed by atoms with Gasteiger partial charge in [-0.3, -0.25) is 4.90 Å². The molecule has 3 rings (SSSR count). The zero-order chi connectivity index (χ0) is 15.9. The normalized spacial score (nSPS) is 17.5. The van der Waals surface area contributed by atoms with E-state index in [1.807, 2.05) is 24.4 Å². The van der Waals surface area contributed by atoms with Gasteiger partial charge >= 0.3 is 0 Å². The Labute approximate surface area is 138 Å². The van der Waals surface area contributed by atoms with Crippen molar-refractivity contribution >= 4 is 11.9 Å². The number of piperazine rings is 1. The molecule has 4 nitrogen and oxygen atoms in total. The fourth-order valence-corrected chi connectivity index (χ4v) is 2.96. The predicted octanol–water partition coefficient (Wildman–Crippen LogP) is 2.24. The Kier molecular flexibility index (Phi) is 5.40. The standard InChI is InChI=1S/C19H24N4/c20-16-18(10-9-17-6-2-1-3-7-17)22-12-14-23(15-13-22)19-8-4-5-11-21-19/h1-11,18H,12-16,20H2/b10-9-. The van der Waals surface area contributed by atoms with Gasteiger partial charge in [0.2, 0.25) is 0 Å². The molecular weight excluding hydrogens is 284 g/mol. The van der Waals surface area contributed by atoms with Crippen LogP contribution in [0.1, 0.15) is 5.56 Å². The lowest BCUT2D eigenvalue weighted by Gasteiger charge is -2.38. The number of nitrogens with zero attached hydrogens (tertiary/aromatic N) is 3. The van der Waals surface area contributed by atoms with Gasteiger partial charge in [0, 0.05) is 45.0 Å². The fraction of sp³-hybridized carbons (Fsp3) is 0.316. The van der Waals surface area contributed by atoms with E-state index in [0.29, 0.717) is 12.6 Å². The van der Waals surface area contributed by atoms with Gasteiger partial charge in [-0.15, -0.1) is 0 Å². The van der Waals surface area contributed by atoms with Crippen molar-refractivity contribution in [2.75, 3.05) is 37.6 Å². The highest BCUT2D eigenvalue weighted by Crippen LogP contribution is 2.15. The molecule has 1 aliphatic heterocycles. The van der Waals surface area contributed by atoms with E-state index in [-0.39, 0.29) is 0 Å². The number of hydrogen-bond donors (Lipinski definition) is 1. The summed E-state index contributed by atoms with van der Waals surface area (Å²) in [5.74, 6) is 1.07. The molecule has 0 amide bonds. The van der Waals surface area contributed by atoms with Crippen molar-refractivity contribution in [1.29, 1.82) is 0 Å². The number of anilines is 1. The van der Waals surface area contributed by atoms with Crippen LogP contribution < -0.4 is 10.6 Å². The quantitative estimate of drug-likeness (QED) is 0.920. The van der Waals surface area contributed by atoms with Crippen LogP contribution in [0.2, 0.25) is 0 Å². The molecule has 2 N–H and O–H groups in total. The summed E-state index contributed by atoms with van der Waals surface area (Å²) in [5, 5.41) is 0. The zero-order valence-electron chi connectivity index (χ0n) is 13.4. The number of benzene rings is 1. The number of hydrogen-bond acceptors (Lipinski definition) is 4. The summed E-state index contributed by atoms with van der Waals surface area (Å²) >= 11 is 0. The highest BCUT2D eigenvalue weighted by molar-refractivity contribution is 5.49. The SMILES string of the molecule is NCC(/C=C\c1ccccc1)N1CCN(c2ccccn2)CC1. The lowest BCUT2D eigenvalue weighted by Crippen LogP contribution is -2.52. The molecule has 2 aromatic rings. The third-order valence-electron chi connectivity index (χ3n) is 4.31. The van der Waals surface area contributed by atoms with Crippen LogP contribution >= 0.6 is 0 Å². The monoisotopic (exact) mass is 308 g/mol. The zero-order valence-corrected chi connectivity index (χ0v) is 13.4. The first-order valence-electron chi connectivity index (χ1n) is 8.20. The fourth-order valence-electron chi connectivity index (χ4n) is 2.96. The Balaban J connectivity index is 1.58. The van der Waals surface area contributed by atoms with E-state index in [0.717, 1.165) is 32.0 Å². The third kappa shape index (κ3) is 4.18. The van der Waals surface area contributed by atoms with Gasteiger partial charge in [0.05, 0.1) is 0 Å². The maximum absolute atomic E-state index is 5.99. The van der Waals surface area contributed by atoms with Crippen molar-refractivity contribution in [1.82, 2.24) is 9.88 Å². The van der Waals surface area contributed by atoms with Gasteiger partial charge in [0.1, 0.15) is 5.82 Å². The van der Waals surface area contributed by atoms with Crippen LogP contribution in [0, 0.1) is 0 Å². The largest absolute Gasteiger partial charge is 0.354 e. The molecule has 0 saturated carbocycles. The Bertz CT molecular complexity index is 604. The molecule has 1 atom stereocenters. The van der Waals surface area contributed by atoms with Crippen LogP contribution in [0.5, 0.6) is 0 Å². The molecule has 1 aromatic carbocycles. The highest BCUT2D eigenvalue weighted by atomic mass is 15.3. The van der Waals surface area contributed by atoms with Gasteiger partial charge in [-0.1, -0.05) is 48.6 Å². The molecule has 4 heteroatoms. The summed E-state index contributed by atoms with van der Waals surface area (Å²) in [7, 11) is 0. The molecule has 2 heterocycles. The van der Waals surface area contributed by atoms with Crippen LogP contribution in [-0.2, 0) is 0 Å². The van der Waals surface area contributed by atoms with Gasteiger partial charge in [-0.2, -0.15) is 0 Å². The van der Waals surface area contributed by atoms with E-state index in [2.05, 4.69) is 57.3 Å². The molecule has 0 bridgehead atoms. The van der Waals surface area contributed by atoms with Gasteiger partial charge < -0.3 is 10.6 Å². The smallest absolute Gasteiger partial charge is 0.128 e. The van der Waals surface area contributed by atoms with E-state index in [1.165, 1.54) is 5.56 Å². The molecule has 1 aromatic heterocycles. The van der Waals surface area contributed by atoms with Crippen LogP contribution in [0.4, 0.5) is 5.82 Å². The molecular formula is C19H24N4. The molecule has 120 valence electrons. The van der Waals surface area contributed by atoms with Crippen molar-refractivity contribution < 1.29 is 0 Å². The van der Waals surface area contributed by atoms with Crippen LogP contribution in [-0.4, -0.2) is 48.6 Å². The van der Waals surface area contributed by atoms with Crippen LogP contribution in [0.25, 0.3) is 6.08 Å². The lowest BCUT2D eigenvalue weighted by atomic mass is 10.1. The number of aromatic nitrogens is 1. The van der Waals surface area contributed by atoms with Crippen molar-refractivity contribution in [3.8, 4) is 0 Å². The van der Waals surface area contributed by atoms with Crippen molar-refractivity contribution in [2.24, 2.45) is 5.73 Å². The van der Waals surface area contributed by atoms with Gasteiger partial charge in [-0.25, -0.2) is 4.98 Å². The average Bonchev–Trinajstić information content (AvgIpc) is 2.64. The number of pyridine rings is 1. The van der Waals surface area contributed by atoms with Crippen LogP contribution in [0.3, 0.4) is 0 Å². The molecule has 0 aliphatic carbocycles. The Morgan fingerprint density at radius 2 is 1.74 bits per heavy atom. The van der Waals surface area contributed by atoms with E-state index in [4.69, 9.17) is 5.73 Å². The van der Waals surface area contributed by atoms with E-state index in [9.17, 15) is 0 Å². The highest BCUT2D eigenvalue weighted by Gasteiger charge is 2.21. The molecule has 1 aliphatic rings. The number of nitrogens with two attached hydrogens (primary N) is 1. The van der Waals surface area contributed by atoms with E-state index < -0.39 is 0 Å². The van der Waals surface area contributed by atoms with Crippen LogP contribution in [0.15, 0.2) is 60.8 Å². The van der Waals surface area contributed by atoms with Gasteiger partial charge in [0.15, 0.2) is 0 Å². The van der Waals surface area contributed by atoms with Gasteiger partial charge in [-0.05, 0) is 17.7 Å². The average molecular weight is 308 g/mol. The first-order valence-corrected chi connectivity index (χ1v) is 8.20. The van der Waals surface area contributed by atoms with E-state index in [1.54, 1.807) is 0 Å². The molecule has 0 radical (unpaired) electrons. The summed E-state index contributed by atoms with van der Waals surface area (Å²) in [6, 6.07) is 16.7. The summed E-state index contributed by atoms with van der Waals surface area (Å²) in [6.45, 7) is 4.65. The third-order valence-corrected chi connectivity index (χ3v) is 4.31. The predicted molar refractivity (Wildman–Crippen MR) is 96.3 cm³/mol. The number of rotatable bonds is 5. The van der Waals surface area contributed by atoms with Crippen molar-refractivity contribution in [3.05, 3.63) is 66.4 Å². The Morgan fingerprint density at radius 1 is 1.00 bits per heavy atom. The second-order valence-electron chi connectivity index (χ2n) is 5.78. The second kappa shape index (κ2) is 7.90. The molecule has 0 spiro atoms. The minimum Gasteiger partial charge on any atom is -0.354 e.